The molecule has 2 amide bonds. The number of carboxylic acid groups (broad SMARTS) is 1. The first-order chi connectivity index (χ1) is 16.8. The van der Waals surface area contributed by atoms with Gasteiger partial charge < -0.3 is 20.3 Å². The van der Waals surface area contributed by atoms with Gasteiger partial charge in [-0.2, -0.15) is 5.26 Å². The number of nitrogens with zero attached hydrogens (tertiary/aromatic N) is 2. The molecule has 2 aromatic carbocycles. The van der Waals surface area contributed by atoms with Crippen molar-refractivity contribution in [1.29, 1.82) is 5.26 Å². The third-order valence-corrected chi connectivity index (χ3v) is 6.50. The molecule has 8 heteroatoms. The Kier molecular flexibility index (Phi) is 6.87. The van der Waals surface area contributed by atoms with Crippen LogP contribution in [-0.4, -0.2) is 34.5 Å². The lowest BCUT2D eigenvalue weighted by Gasteiger charge is -2.18. The van der Waals surface area contributed by atoms with E-state index in [4.69, 9.17) is 5.11 Å². The van der Waals surface area contributed by atoms with Crippen LogP contribution in [-0.2, 0) is 16.0 Å². The molecule has 0 bridgehead atoms. The van der Waals surface area contributed by atoms with Gasteiger partial charge in [-0.15, -0.1) is 0 Å². The number of benzene rings is 2. The highest BCUT2D eigenvalue weighted by Crippen LogP contribution is 2.44. The van der Waals surface area contributed by atoms with Crippen LogP contribution in [0.3, 0.4) is 0 Å². The highest BCUT2D eigenvalue weighted by molar-refractivity contribution is 6.00. The molecule has 1 atom stereocenters. The Balaban J connectivity index is 1.65. The first-order valence-corrected chi connectivity index (χ1v) is 11.7. The molecule has 4 rings (SSSR count). The summed E-state index contributed by atoms with van der Waals surface area (Å²) in [5.41, 5.74) is 4.23. The minimum atomic E-state index is -0.875. The number of hydrogen-bond donors (Lipinski definition) is 3. The normalized spacial score (nSPS) is 13.7. The van der Waals surface area contributed by atoms with Crippen molar-refractivity contribution >= 4 is 34.4 Å². The molecule has 0 spiro atoms. The third kappa shape index (κ3) is 5.19. The Morgan fingerprint density at radius 1 is 1.20 bits per heavy atom. The molecule has 1 aliphatic rings. The maximum atomic E-state index is 13.4. The van der Waals surface area contributed by atoms with E-state index in [2.05, 4.69) is 16.7 Å². The molecule has 1 saturated carbocycles. The number of carbonyl (C=O) groups excluding carboxylic acids is 2. The van der Waals surface area contributed by atoms with E-state index in [9.17, 15) is 19.6 Å². The molecule has 1 unspecified atom stereocenters. The molecule has 0 aliphatic heterocycles. The molecule has 3 N–H and O–H groups in total. The predicted molar refractivity (Wildman–Crippen MR) is 132 cm³/mol. The van der Waals surface area contributed by atoms with Crippen LogP contribution in [0.15, 0.2) is 42.6 Å². The smallest absolute Gasteiger partial charge is 0.303 e. The number of aryl methyl sites for hydroxylation is 1. The number of hydrogen-bond acceptors (Lipinski definition) is 4. The topological polar surface area (TPSA) is 124 Å². The molecule has 1 heterocycles. The molecule has 1 aliphatic carbocycles. The van der Waals surface area contributed by atoms with Crippen molar-refractivity contribution in [3.05, 3.63) is 64.8 Å². The molecule has 35 heavy (non-hydrogen) atoms. The average Bonchev–Trinajstić information content (AvgIpc) is 3.63. The average molecular weight is 473 g/mol. The van der Waals surface area contributed by atoms with Crippen LogP contribution >= 0.6 is 0 Å². The summed E-state index contributed by atoms with van der Waals surface area (Å²) in [6.45, 7) is 1.80. The van der Waals surface area contributed by atoms with Crippen molar-refractivity contribution in [2.45, 2.75) is 51.0 Å². The lowest BCUT2D eigenvalue weighted by atomic mass is 10.0. The van der Waals surface area contributed by atoms with E-state index in [0.29, 0.717) is 35.6 Å². The number of carbonyl (C=O) groups is 3. The Morgan fingerprint density at radius 3 is 2.63 bits per heavy atom. The van der Waals surface area contributed by atoms with Crippen molar-refractivity contribution in [2.24, 2.45) is 0 Å². The second-order valence-corrected chi connectivity index (χ2v) is 8.97. The van der Waals surface area contributed by atoms with Crippen molar-refractivity contribution < 1.29 is 19.5 Å². The third-order valence-electron chi connectivity index (χ3n) is 6.50. The van der Waals surface area contributed by atoms with Gasteiger partial charge in [0.15, 0.2) is 0 Å². The fraction of sp³-hybridized carbons (Fsp3) is 0.333. The Labute approximate surface area is 203 Å². The zero-order valence-corrected chi connectivity index (χ0v) is 19.8. The van der Waals surface area contributed by atoms with Gasteiger partial charge in [-0.1, -0.05) is 12.1 Å². The fourth-order valence-electron chi connectivity index (χ4n) is 4.38. The largest absolute Gasteiger partial charge is 0.481 e. The number of nitrogens with one attached hydrogen (secondary N) is 2. The molecule has 180 valence electrons. The summed E-state index contributed by atoms with van der Waals surface area (Å²) >= 11 is 0. The summed E-state index contributed by atoms with van der Waals surface area (Å²) in [4.78, 5) is 36.5. The van der Waals surface area contributed by atoms with Gasteiger partial charge in [-0.25, -0.2) is 0 Å². The number of anilines is 1. The summed E-state index contributed by atoms with van der Waals surface area (Å²) in [6.07, 6.45) is 5.15. The van der Waals surface area contributed by atoms with E-state index in [-0.39, 0.29) is 18.2 Å². The van der Waals surface area contributed by atoms with Crippen LogP contribution in [0.2, 0.25) is 0 Å². The summed E-state index contributed by atoms with van der Waals surface area (Å²) in [7, 11) is 1.58. The van der Waals surface area contributed by atoms with Crippen LogP contribution in [0.25, 0.3) is 10.9 Å². The SMILES string of the molecule is CNC(=O)c1ccc2c(C3CC3)cn(C(C)C(=O)Nc3cc(C#N)ccc3CCCC(=O)O)c2c1. The quantitative estimate of drug-likeness (QED) is 0.427. The van der Waals surface area contributed by atoms with Crippen LogP contribution in [0.1, 0.15) is 71.6 Å². The number of aliphatic carboxylic acids is 1. The van der Waals surface area contributed by atoms with Crippen molar-refractivity contribution in [3.8, 4) is 6.07 Å². The number of carboxylic acids is 1. The van der Waals surface area contributed by atoms with Crippen molar-refractivity contribution in [3.63, 3.8) is 0 Å². The van der Waals surface area contributed by atoms with E-state index in [1.807, 2.05) is 22.9 Å². The maximum Gasteiger partial charge on any atom is 0.303 e. The summed E-state index contributed by atoms with van der Waals surface area (Å²) < 4.78 is 1.91. The lowest BCUT2D eigenvalue weighted by molar-refractivity contribution is -0.137. The Morgan fingerprint density at radius 2 is 1.97 bits per heavy atom. The van der Waals surface area contributed by atoms with Crippen LogP contribution < -0.4 is 10.6 Å². The van der Waals surface area contributed by atoms with E-state index < -0.39 is 12.0 Å². The Bertz CT molecular complexity index is 1350. The van der Waals surface area contributed by atoms with Crippen LogP contribution in [0.4, 0.5) is 5.69 Å². The molecular formula is C27H28N4O4. The van der Waals surface area contributed by atoms with Gasteiger partial charge in [-0.3, -0.25) is 14.4 Å². The molecule has 0 saturated heterocycles. The first-order valence-electron chi connectivity index (χ1n) is 11.7. The minimum absolute atomic E-state index is 0.0246. The van der Waals surface area contributed by atoms with Gasteiger partial charge >= 0.3 is 5.97 Å². The first kappa shape index (κ1) is 24.0. The second-order valence-electron chi connectivity index (χ2n) is 8.97. The van der Waals surface area contributed by atoms with Gasteiger partial charge in [0.05, 0.1) is 11.6 Å². The summed E-state index contributed by atoms with van der Waals surface area (Å²) in [5, 5.41) is 24.9. The van der Waals surface area contributed by atoms with E-state index in [1.165, 1.54) is 5.56 Å². The summed E-state index contributed by atoms with van der Waals surface area (Å²) in [6, 6.07) is 12.1. The Hall–Kier alpha value is -4.12. The van der Waals surface area contributed by atoms with Crippen LogP contribution in [0, 0.1) is 11.3 Å². The molecule has 1 aromatic heterocycles. The monoisotopic (exact) mass is 472 g/mol. The van der Waals surface area contributed by atoms with Gasteiger partial charge in [0.25, 0.3) is 5.91 Å². The maximum absolute atomic E-state index is 13.4. The molecule has 3 aromatic rings. The molecule has 1 fully saturated rings. The highest BCUT2D eigenvalue weighted by Gasteiger charge is 2.29. The fourth-order valence-corrected chi connectivity index (χ4v) is 4.38. The van der Waals surface area contributed by atoms with Crippen LogP contribution in [0.5, 0.6) is 0 Å². The number of aromatic nitrogens is 1. The number of rotatable bonds is 9. The van der Waals surface area contributed by atoms with Gasteiger partial charge in [-0.05, 0) is 73.9 Å². The number of amides is 2. The minimum Gasteiger partial charge on any atom is -0.481 e. The van der Waals surface area contributed by atoms with Gasteiger partial charge in [0.2, 0.25) is 5.91 Å². The van der Waals surface area contributed by atoms with Gasteiger partial charge in [0.1, 0.15) is 6.04 Å². The lowest BCUT2D eigenvalue weighted by Crippen LogP contribution is -2.24. The van der Waals surface area contributed by atoms with Gasteiger partial charge in [0, 0.05) is 41.8 Å². The zero-order valence-electron chi connectivity index (χ0n) is 19.8. The van der Waals surface area contributed by atoms with Crippen molar-refractivity contribution in [1.82, 2.24) is 9.88 Å². The standard InChI is InChI=1S/C27H28N4O4/c1-16(26(34)30-23-12-17(14-28)6-7-19(23)4-3-5-25(32)33)31-15-22(18-8-9-18)21-11-10-20(13-24(21)31)27(35)29-2/h6-7,10-13,15-16,18H,3-5,8-9H2,1-2H3,(H,29,35)(H,30,34)(H,32,33). The summed E-state index contributed by atoms with van der Waals surface area (Å²) in [5.74, 6) is -0.860. The number of nitriles is 1. The van der Waals surface area contributed by atoms with E-state index in [1.54, 1.807) is 38.2 Å². The molecular weight excluding hydrogens is 444 g/mol. The number of fused-ring (bicyclic) bond motifs is 1. The zero-order chi connectivity index (χ0) is 25.1. The highest BCUT2D eigenvalue weighted by atomic mass is 16.4. The second kappa shape index (κ2) is 10.0. The van der Waals surface area contributed by atoms with Crippen molar-refractivity contribution in [2.75, 3.05) is 12.4 Å². The molecule has 0 radical (unpaired) electrons. The molecule has 8 nitrogen and oxygen atoms in total. The van der Waals surface area contributed by atoms with E-state index in [0.717, 1.165) is 29.3 Å². The van der Waals surface area contributed by atoms with E-state index >= 15 is 0 Å². The predicted octanol–water partition coefficient (Wildman–Crippen LogP) is 4.36.